The average molecular weight is 375 g/mol. The molecule has 0 radical (unpaired) electrons. The second-order valence-corrected chi connectivity index (χ2v) is 7.08. The first kappa shape index (κ1) is 17.3. The molecular formula is C18H23ClN6O. The van der Waals surface area contributed by atoms with Gasteiger partial charge in [0.1, 0.15) is 0 Å². The second kappa shape index (κ2) is 8.05. The summed E-state index contributed by atoms with van der Waals surface area (Å²) in [6, 6.07) is 7.94. The van der Waals surface area contributed by atoms with Crippen LogP contribution in [-0.4, -0.2) is 47.3 Å². The third-order valence-corrected chi connectivity index (χ3v) is 4.96. The van der Waals surface area contributed by atoms with Crippen LogP contribution in [0, 0.1) is 0 Å². The summed E-state index contributed by atoms with van der Waals surface area (Å²) in [4.78, 5) is 16.0. The van der Waals surface area contributed by atoms with Gasteiger partial charge in [-0.15, -0.1) is 0 Å². The first-order valence-electron chi connectivity index (χ1n) is 9.14. The molecule has 2 aromatic rings. The summed E-state index contributed by atoms with van der Waals surface area (Å²) in [5.41, 5.74) is 0.889. The normalized spacial score (nSPS) is 18.1. The summed E-state index contributed by atoms with van der Waals surface area (Å²) in [6.45, 7) is 2.95. The molecule has 2 fully saturated rings. The number of hydrogen-bond donors (Lipinski definition) is 2. The van der Waals surface area contributed by atoms with Crippen LogP contribution >= 0.6 is 11.6 Å². The number of hydrogen-bond acceptors (Lipinski definition) is 7. The molecule has 1 aromatic carbocycles. The van der Waals surface area contributed by atoms with E-state index in [4.69, 9.17) is 16.3 Å². The minimum absolute atomic E-state index is 0.443. The number of anilines is 4. The highest BCUT2D eigenvalue weighted by Gasteiger charge is 2.20. The topological polar surface area (TPSA) is 75.2 Å². The van der Waals surface area contributed by atoms with Crippen LogP contribution in [0.15, 0.2) is 24.3 Å². The minimum atomic E-state index is 0.443. The number of halogens is 1. The van der Waals surface area contributed by atoms with Crippen molar-refractivity contribution in [1.82, 2.24) is 15.0 Å². The van der Waals surface area contributed by atoms with Crippen LogP contribution in [0.3, 0.4) is 0 Å². The molecule has 0 atom stereocenters. The molecule has 0 bridgehead atoms. The largest absolute Gasteiger partial charge is 0.378 e. The predicted molar refractivity (Wildman–Crippen MR) is 103 cm³/mol. The van der Waals surface area contributed by atoms with Crippen molar-refractivity contribution in [1.29, 1.82) is 0 Å². The monoisotopic (exact) mass is 374 g/mol. The van der Waals surface area contributed by atoms with Crippen molar-refractivity contribution in [3.05, 3.63) is 29.3 Å². The van der Waals surface area contributed by atoms with Crippen LogP contribution < -0.4 is 15.5 Å². The van der Waals surface area contributed by atoms with Crippen molar-refractivity contribution in [3.8, 4) is 0 Å². The molecule has 2 heterocycles. The number of nitrogens with one attached hydrogen (secondary N) is 2. The molecule has 4 rings (SSSR count). The van der Waals surface area contributed by atoms with Gasteiger partial charge in [-0.05, 0) is 37.1 Å². The molecule has 1 aliphatic carbocycles. The van der Waals surface area contributed by atoms with Crippen molar-refractivity contribution < 1.29 is 4.74 Å². The van der Waals surface area contributed by atoms with Gasteiger partial charge in [-0.1, -0.05) is 24.4 Å². The third-order valence-electron chi connectivity index (χ3n) is 4.71. The van der Waals surface area contributed by atoms with E-state index in [1.165, 1.54) is 25.7 Å². The van der Waals surface area contributed by atoms with Gasteiger partial charge in [-0.25, -0.2) is 0 Å². The lowest BCUT2D eigenvalue weighted by Crippen LogP contribution is -2.37. The van der Waals surface area contributed by atoms with Gasteiger partial charge in [0.05, 0.1) is 13.2 Å². The van der Waals surface area contributed by atoms with E-state index in [-0.39, 0.29) is 0 Å². The summed E-state index contributed by atoms with van der Waals surface area (Å²) < 4.78 is 5.44. The van der Waals surface area contributed by atoms with E-state index in [2.05, 4.69) is 30.5 Å². The van der Waals surface area contributed by atoms with E-state index in [0.29, 0.717) is 42.1 Å². The van der Waals surface area contributed by atoms with E-state index < -0.39 is 0 Å². The predicted octanol–water partition coefficient (Wildman–Crippen LogP) is 3.46. The fourth-order valence-electron chi connectivity index (χ4n) is 3.31. The summed E-state index contributed by atoms with van der Waals surface area (Å²) in [7, 11) is 0. The zero-order chi connectivity index (χ0) is 17.8. The highest BCUT2D eigenvalue weighted by Crippen LogP contribution is 2.24. The summed E-state index contributed by atoms with van der Waals surface area (Å²) in [5, 5.41) is 7.43. The molecule has 0 unspecified atom stereocenters. The van der Waals surface area contributed by atoms with E-state index in [1.807, 2.05) is 24.3 Å². The van der Waals surface area contributed by atoms with Gasteiger partial charge in [0.25, 0.3) is 0 Å². The van der Waals surface area contributed by atoms with Crippen molar-refractivity contribution in [3.63, 3.8) is 0 Å². The molecule has 7 nitrogen and oxygen atoms in total. The SMILES string of the molecule is Clc1ccc(Nc2nc(NC3CCCC3)nc(N3CCOCC3)n2)cc1. The molecule has 1 saturated carbocycles. The van der Waals surface area contributed by atoms with Crippen LogP contribution in [-0.2, 0) is 4.74 Å². The van der Waals surface area contributed by atoms with Gasteiger partial charge in [-0.2, -0.15) is 15.0 Å². The van der Waals surface area contributed by atoms with E-state index in [0.717, 1.165) is 18.8 Å². The number of aromatic nitrogens is 3. The lowest BCUT2D eigenvalue weighted by atomic mass is 10.2. The molecule has 1 aliphatic heterocycles. The lowest BCUT2D eigenvalue weighted by Gasteiger charge is -2.27. The average Bonchev–Trinajstić information content (AvgIpc) is 3.17. The fraction of sp³-hybridized carbons (Fsp3) is 0.500. The zero-order valence-corrected chi connectivity index (χ0v) is 15.4. The highest BCUT2D eigenvalue weighted by atomic mass is 35.5. The van der Waals surface area contributed by atoms with Gasteiger partial charge in [0, 0.05) is 29.8 Å². The molecular weight excluding hydrogens is 352 g/mol. The Balaban J connectivity index is 1.58. The smallest absolute Gasteiger partial charge is 0.233 e. The van der Waals surface area contributed by atoms with Crippen molar-refractivity contribution in [2.45, 2.75) is 31.7 Å². The number of benzene rings is 1. The van der Waals surface area contributed by atoms with Crippen molar-refractivity contribution in [2.24, 2.45) is 0 Å². The van der Waals surface area contributed by atoms with Gasteiger partial charge in [0.15, 0.2) is 0 Å². The van der Waals surface area contributed by atoms with Crippen LogP contribution in [0.4, 0.5) is 23.5 Å². The molecule has 0 amide bonds. The Hall–Kier alpha value is -2.12. The number of nitrogens with zero attached hydrogens (tertiary/aromatic N) is 4. The van der Waals surface area contributed by atoms with Crippen molar-refractivity contribution >= 4 is 35.1 Å². The zero-order valence-electron chi connectivity index (χ0n) is 14.6. The van der Waals surface area contributed by atoms with Crippen molar-refractivity contribution in [2.75, 3.05) is 41.8 Å². The Morgan fingerprint density at radius 2 is 1.65 bits per heavy atom. The minimum Gasteiger partial charge on any atom is -0.378 e. The Labute approximate surface area is 158 Å². The molecule has 26 heavy (non-hydrogen) atoms. The molecule has 2 aliphatic rings. The maximum absolute atomic E-state index is 5.96. The number of ether oxygens (including phenoxy) is 1. The van der Waals surface area contributed by atoms with Crippen LogP contribution in [0.25, 0.3) is 0 Å². The molecule has 2 N–H and O–H groups in total. The quantitative estimate of drug-likeness (QED) is 0.829. The van der Waals surface area contributed by atoms with E-state index >= 15 is 0 Å². The highest BCUT2D eigenvalue weighted by molar-refractivity contribution is 6.30. The Bertz CT molecular complexity index is 729. The van der Waals surface area contributed by atoms with E-state index in [9.17, 15) is 0 Å². The summed E-state index contributed by atoms with van der Waals surface area (Å²) in [6.07, 6.45) is 4.85. The molecule has 0 spiro atoms. The fourth-order valence-corrected chi connectivity index (χ4v) is 3.43. The van der Waals surface area contributed by atoms with Crippen LogP contribution in [0.1, 0.15) is 25.7 Å². The van der Waals surface area contributed by atoms with Crippen LogP contribution in [0.2, 0.25) is 5.02 Å². The molecule has 1 aromatic heterocycles. The standard InChI is InChI=1S/C18H23ClN6O/c19-13-5-7-15(8-6-13)21-17-22-16(20-14-3-1-2-4-14)23-18(24-17)25-9-11-26-12-10-25/h5-8,14H,1-4,9-12H2,(H2,20,21,22,23,24). The summed E-state index contributed by atoms with van der Waals surface area (Å²) in [5.74, 6) is 1.84. The maximum Gasteiger partial charge on any atom is 0.233 e. The Morgan fingerprint density at radius 3 is 2.38 bits per heavy atom. The second-order valence-electron chi connectivity index (χ2n) is 6.64. The van der Waals surface area contributed by atoms with Gasteiger partial charge < -0.3 is 20.3 Å². The number of rotatable bonds is 5. The molecule has 8 heteroatoms. The lowest BCUT2D eigenvalue weighted by molar-refractivity contribution is 0.122. The summed E-state index contributed by atoms with van der Waals surface area (Å²) >= 11 is 5.96. The van der Waals surface area contributed by atoms with Gasteiger partial charge in [0.2, 0.25) is 17.8 Å². The van der Waals surface area contributed by atoms with E-state index in [1.54, 1.807) is 0 Å². The van der Waals surface area contributed by atoms with Crippen LogP contribution in [0.5, 0.6) is 0 Å². The molecule has 1 saturated heterocycles. The first-order chi connectivity index (χ1) is 12.8. The Kier molecular flexibility index (Phi) is 5.36. The third kappa shape index (κ3) is 4.34. The van der Waals surface area contributed by atoms with Gasteiger partial charge >= 0.3 is 0 Å². The first-order valence-corrected chi connectivity index (χ1v) is 9.52. The van der Waals surface area contributed by atoms with Gasteiger partial charge in [-0.3, -0.25) is 0 Å². The maximum atomic E-state index is 5.96. The number of morpholine rings is 1. The molecule has 138 valence electrons. The Morgan fingerprint density at radius 1 is 0.962 bits per heavy atom.